The van der Waals surface area contributed by atoms with Crippen molar-refractivity contribution in [2.45, 2.75) is 20.3 Å². The van der Waals surface area contributed by atoms with Gasteiger partial charge < -0.3 is 0 Å². The van der Waals surface area contributed by atoms with Crippen LogP contribution in [0.2, 0.25) is 5.02 Å². The third-order valence-corrected chi connectivity index (χ3v) is 4.56. The van der Waals surface area contributed by atoms with Crippen LogP contribution in [0.15, 0.2) is 30.5 Å². The van der Waals surface area contributed by atoms with Crippen LogP contribution >= 0.6 is 22.9 Å². The maximum atomic E-state index is 12.5. The Labute approximate surface area is 137 Å². The molecule has 0 radical (unpaired) electrons. The summed E-state index contributed by atoms with van der Waals surface area (Å²) in [6, 6.07) is 7.01. The highest BCUT2D eigenvalue weighted by Gasteiger charge is 2.14. The molecule has 0 aliphatic carbocycles. The van der Waals surface area contributed by atoms with Crippen molar-refractivity contribution in [2.75, 3.05) is 5.32 Å². The number of hydrogen-bond donors (Lipinski definition) is 1. The number of rotatable bonds is 3. The molecule has 6 heteroatoms. The fraction of sp³-hybridized carbons (Fsp3) is 0.188. The quantitative estimate of drug-likeness (QED) is 0.770. The lowest BCUT2D eigenvalue weighted by atomic mass is 10.1. The molecule has 1 aromatic carbocycles. The lowest BCUT2D eigenvalue weighted by Gasteiger charge is -2.06. The van der Waals surface area contributed by atoms with Crippen molar-refractivity contribution in [1.82, 2.24) is 9.97 Å². The summed E-state index contributed by atoms with van der Waals surface area (Å²) in [5.41, 5.74) is 2.29. The summed E-state index contributed by atoms with van der Waals surface area (Å²) in [7, 11) is 0. The van der Waals surface area contributed by atoms with Gasteiger partial charge in [0, 0.05) is 21.5 Å². The molecule has 22 heavy (non-hydrogen) atoms. The minimum atomic E-state index is -0.203. The zero-order valence-electron chi connectivity index (χ0n) is 12.2. The van der Waals surface area contributed by atoms with Gasteiger partial charge in [0.2, 0.25) is 0 Å². The van der Waals surface area contributed by atoms with Gasteiger partial charge in [-0.05, 0) is 37.6 Å². The second kappa shape index (κ2) is 6.02. The number of pyridine rings is 1. The number of nitrogens with zero attached hydrogens (tertiary/aromatic N) is 2. The van der Waals surface area contributed by atoms with E-state index in [0.29, 0.717) is 15.7 Å². The molecule has 3 aromatic rings. The highest BCUT2D eigenvalue weighted by atomic mass is 35.5. The van der Waals surface area contributed by atoms with Gasteiger partial charge in [-0.25, -0.2) is 4.98 Å². The first-order valence-electron chi connectivity index (χ1n) is 6.90. The molecule has 0 bridgehead atoms. The number of nitrogens with one attached hydrogen (secondary N) is 1. The molecule has 0 saturated heterocycles. The fourth-order valence-electron chi connectivity index (χ4n) is 2.29. The smallest absolute Gasteiger partial charge is 0.258 e. The Morgan fingerprint density at radius 1 is 1.36 bits per heavy atom. The molecule has 2 aromatic heterocycles. The standard InChI is InChI=1S/C16H14ClN3OS/c1-3-13-9(2)22-16(19-13)20-15(21)11-6-7-18-14-5-4-10(17)8-12(11)14/h4-8H,3H2,1-2H3,(H,19,20,21). The van der Waals surface area contributed by atoms with Gasteiger partial charge in [0.05, 0.1) is 16.8 Å². The van der Waals surface area contributed by atoms with Gasteiger partial charge in [-0.1, -0.05) is 18.5 Å². The number of amides is 1. The van der Waals surface area contributed by atoms with Crippen LogP contribution < -0.4 is 5.32 Å². The molecule has 0 aliphatic heterocycles. The lowest BCUT2D eigenvalue weighted by Crippen LogP contribution is -2.12. The summed E-state index contributed by atoms with van der Waals surface area (Å²) in [6.07, 6.45) is 2.47. The number of anilines is 1. The molecule has 0 spiro atoms. The second-order valence-corrected chi connectivity index (χ2v) is 6.49. The van der Waals surface area contributed by atoms with Gasteiger partial charge in [0.25, 0.3) is 5.91 Å². The summed E-state index contributed by atoms with van der Waals surface area (Å²) in [5, 5.41) is 4.79. The van der Waals surface area contributed by atoms with Crippen molar-refractivity contribution >= 4 is 44.9 Å². The van der Waals surface area contributed by atoms with Crippen molar-refractivity contribution in [1.29, 1.82) is 0 Å². The van der Waals surface area contributed by atoms with Gasteiger partial charge in [-0.2, -0.15) is 0 Å². The Bertz CT molecular complexity index is 860. The van der Waals surface area contributed by atoms with Gasteiger partial charge >= 0.3 is 0 Å². The van der Waals surface area contributed by atoms with Crippen molar-refractivity contribution in [3.8, 4) is 0 Å². The third-order valence-electron chi connectivity index (χ3n) is 3.40. The molecule has 3 rings (SSSR count). The Morgan fingerprint density at radius 2 is 2.18 bits per heavy atom. The predicted octanol–water partition coefficient (Wildman–Crippen LogP) is 4.47. The average Bonchev–Trinajstić information content (AvgIpc) is 2.86. The van der Waals surface area contributed by atoms with E-state index in [4.69, 9.17) is 11.6 Å². The molecule has 0 atom stereocenters. The molecule has 1 amide bonds. The molecule has 2 heterocycles. The van der Waals surface area contributed by atoms with E-state index in [0.717, 1.165) is 27.9 Å². The van der Waals surface area contributed by atoms with Crippen LogP contribution in [0, 0.1) is 6.92 Å². The maximum absolute atomic E-state index is 12.5. The van der Waals surface area contributed by atoms with E-state index in [-0.39, 0.29) is 5.91 Å². The number of aryl methyl sites for hydroxylation is 2. The monoisotopic (exact) mass is 331 g/mol. The van der Waals surface area contributed by atoms with E-state index in [1.807, 2.05) is 13.8 Å². The molecule has 112 valence electrons. The first-order valence-corrected chi connectivity index (χ1v) is 8.10. The molecule has 0 aliphatic rings. The van der Waals surface area contributed by atoms with Crippen LogP contribution in [0.1, 0.15) is 27.9 Å². The SMILES string of the molecule is CCc1nc(NC(=O)c2ccnc3ccc(Cl)cc23)sc1C. The minimum absolute atomic E-state index is 0.203. The van der Waals surface area contributed by atoms with Crippen LogP contribution in [-0.4, -0.2) is 15.9 Å². The first kappa shape index (κ1) is 14.9. The Kier molecular flexibility index (Phi) is 4.09. The van der Waals surface area contributed by atoms with Crippen molar-refractivity contribution < 1.29 is 4.79 Å². The van der Waals surface area contributed by atoms with Gasteiger partial charge in [0.15, 0.2) is 5.13 Å². The third kappa shape index (κ3) is 2.82. The Balaban J connectivity index is 1.96. The summed E-state index contributed by atoms with van der Waals surface area (Å²) >= 11 is 7.51. The molecule has 0 unspecified atom stereocenters. The minimum Gasteiger partial charge on any atom is -0.298 e. The van der Waals surface area contributed by atoms with Gasteiger partial charge in [-0.3, -0.25) is 15.1 Å². The molecular formula is C16H14ClN3OS. The number of thiazole rings is 1. The number of halogens is 1. The molecule has 4 nitrogen and oxygen atoms in total. The van der Waals surface area contributed by atoms with Crippen LogP contribution in [0.3, 0.4) is 0 Å². The van der Waals surface area contributed by atoms with E-state index < -0.39 is 0 Å². The van der Waals surface area contributed by atoms with Gasteiger partial charge in [-0.15, -0.1) is 11.3 Å². The molecular weight excluding hydrogens is 318 g/mol. The summed E-state index contributed by atoms with van der Waals surface area (Å²) in [6.45, 7) is 4.06. The van der Waals surface area contributed by atoms with E-state index in [1.165, 1.54) is 11.3 Å². The highest BCUT2D eigenvalue weighted by Crippen LogP contribution is 2.25. The zero-order valence-corrected chi connectivity index (χ0v) is 13.8. The van der Waals surface area contributed by atoms with Crippen molar-refractivity contribution in [2.24, 2.45) is 0 Å². The number of aromatic nitrogens is 2. The van der Waals surface area contributed by atoms with Crippen LogP contribution in [-0.2, 0) is 6.42 Å². The summed E-state index contributed by atoms with van der Waals surface area (Å²) < 4.78 is 0. The largest absolute Gasteiger partial charge is 0.298 e. The number of fused-ring (bicyclic) bond motifs is 1. The second-order valence-electron chi connectivity index (χ2n) is 4.85. The number of carbonyl (C=O) groups excluding carboxylic acids is 1. The zero-order chi connectivity index (χ0) is 15.7. The van der Waals surface area contributed by atoms with E-state index in [1.54, 1.807) is 30.5 Å². The van der Waals surface area contributed by atoms with Crippen molar-refractivity contribution in [3.63, 3.8) is 0 Å². The first-order chi connectivity index (χ1) is 10.6. The predicted molar refractivity (Wildman–Crippen MR) is 90.9 cm³/mol. The summed E-state index contributed by atoms with van der Waals surface area (Å²) in [5.74, 6) is -0.203. The Hall–Kier alpha value is -1.98. The highest BCUT2D eigenvalue weighted by molar-refractivity contribution is 7.15. The average molecular weight is 332 g/mol. The van der Waals surface area contributed by atoms with Crippen LogP contribution in [0.4, 0.5) is 5.13 Å². The number of carbonyl (C=O) groups is 1. The van der Waals surface area contributed by atoms with Crippen LogP contribution in [0.5, 0.6) is 0 Å². The lowest BCUT2D eigenvalue weighted by molar-refractivity contribution is 0.102. The van der Waals surface area contributed by atoms with Crippen LogP contribution in [0.25, 0.3) is 10.9 Å². The topological polar surface area (TPSA) is 54.9 Å². The molecule has 1 N–H and O–H groups in total. The van der Waals surface area contributed by atoms with Gasteiger partial charge in [0.1, 0.15) is 0 Å². The molecule has 0 fully saturated rings. The van der Waals surface area contributed by atoms with E-state index in [9.17, 15) is 4.79 Å². The fourth-order valence-corrected chi connectivity index (χ4v) is 3.36. The van der Waals surface area contributed by atoms with Crippen molar-refractivity contribution in [3.05, 3.63) is 51.6 Å². The Morgan fingerprint density at radius 3 is 2.91 bits per heavy atom. The van der Waals surface area contributed by atoms with E-state index >= 15 is 0 Å². The number of benzene rings is 1. The summed E-state index contributed by atoms with van der Waals surface area (Å²) in [4.78, 5) is 22.3. The normalized spacial score (nSPS) is 10.9. The number of hydrogen-bond acceptors (Lipinski definition) is 4. The molecule has 0 saturated carbocycles. The maximum Gasteiger partial charge on any atom is 0.258 e. The van der Waals surface area contributed by atoms with E-state index in [2.05, 4.69) is 15.3 Å².